The summed E-state index contributed by atoms with van der Waals surface area (Å²) in [5.74, 6) is 0. The molecule has 0 aliphatic carbocycles. The molecule has 0 atom stereocenters. The Morgan fingerprint density at radius 3 is 0.764 bits per heavy atom. The Morgan fingerprint density at radius 1 is 0.327 bits per heavy atom. The van der Waals surface area contributed by atoms with Crippen LogP contribution in [0.25, 0.3) is 36.5 Å². The highest BCUT2D eigenvalue weighted by atomic mass is 28.3. The average Bonchev–Trinajstić information content (AvgIpc) is 3.16. The van der Waals surface area contributed by atoms with Crippen LogP contribution < -0.4 is 15.3 Å². The highest BCUT2D eigenvalue weighted by Gasteiger charge is 2.17. The Hall–Kier alpha value is -5.23. The summed E-state index contributed by atoms with van der Waals surface area (Å²) in [5, 5.41) is 2.97. The first kappa shape index (κ1) is 39.5. The molecule has 0 saturated carbocycles. The molecule has 278 valence electrons. The normalized spacial score (nSPS) is 12.6. The third-order valence-corrected chi connectivity index (χ3v) is 14.3. The summed E-state index contributed by atoms with van der Waals surface area (Å²) in [4.78, 5) is 2.34. The van der Waals surface area contributed by atoms with Gasteiger partial charge in [0.2, 0.25) is 0 Å². The van der Waals surface area contributed by atoms with Crippen molar-refractivity contribution < 1.29 is 0 Å². The summed E-state index contributed by atoms with van der Waals surface area (Å²) in [6.07, 6.45) is 13.2. The average molecular weight is 752 g/mol. The predicted octanol–water partition coefficient (Wildman–Crippen LogP) is 14.1. The fourth-order valence-corrected chi connectivity index (χ4v) is 8.84. The van der Waals surface area contributed by atoms with E-state index >= 15 is 0 Å². The highest BCUT2D eigenvalue weighted by molar-refractivity contribution is 6.89. The van der Waals surface area contributed by atoms with Gasteiger partial charge in [0.05, 0.1) is 16.1 Å². The zero-order chi connectivity index (χ0) is 39.2. The number of rotatable bonds is 11. The Kier molecular flexibility index (Phi) is 11.9. The van der Waals surface area contributed by atoms with Crippen LogP contribution in [-0.4, -0.2) is 16.1 Å². The third kappa shape index (κ3) is 10.7. The van der Waals surface area contributed by atoms with Gasteiger partial charge in [-0.2, -0.15) is 0 Å². The van der Waals surface area contributed by atoms with Gasteiger partial charge in [-0.15, -0.1) is 0 Å². The lowest BCUT2D eigenvalue weighted by Gasteiger charge is -2.26. The van der Waals surface area contributed by atoms with Crippen LogP contribution in [0.2, 0.25) is 39.3 Å². The predicted molar refractivity (Wildman–Crippen MR) is 252 cm³/mol. The van der Waals surface area contributed by atoms with Crippen LogP contribution in [-0.2, 0) is 5.41 Å². The second-order valence-electron chi connectivity index (χ2n) is 17.7. The highest BCUT2D eigenvalue weighted by Crippen LogP contribution is 2.35. The van der Waals surface area contributed by atoms with Crippen molar-refractivity contribution in [3.8, 4) is 0 Å². The number of hydrogen-bond acceptors (Lipinski definition) is 1. The van der Waals surface area contributed by atoms with Gasteiger partial charge in [-0.1, -0.05) is 216 Å². The Morgan fingerprint density at radius 2 is 0.545 bits per heavy atom. The van der Waals surface area contributed by atoms with Crippen molar-refractivity contribution in [1.82, 2.24) is 0 Å². The number of benzene rings is 6. The van der Waals surface area contributed by atoms with Gasteiger partial charge in [-0.05, 0) is 80.8 Å². The summed E-state index contributed by atoms with van der Waals surface area (Å²) < 4.78 is 0. The standard InChI is InChI=1S/C52H57NSi2/c1-52(2,3)46-28-16-40(17-29-46)10-11-41-18-30-47(31-19-41)53(48-32-20-42(21-33-48)12-14-44-24-36-50(37-25-44)54(4,5)6)49-34-22-43(23-35-49)13-15-45-26-38-51(39-27-45)55(7,8)9/h10-39H,1-9H3/b11-10+,14-12+,15-13+. The summed E-state index contributed by atoms with van der Waals surface area (Å²) >= 11 is 0. The fourth-order valence-electron chi connectivity index (χ4n) is 6.51. The molecule has 0 bridgehead atoms. The van der Waals surface area contributed by atoms with Crippen LogP contribution in [0, 0.1) is 0 Å². The first-order chi connectivity index (χ1) is 26.1. The molecule has 6 rings (SSSR count). The monoisotopic (exact) mass is 751 g/mol. The molecule has 0 aliphatic rings. The molecule has 0 unspecified atom stereocenters. The maximum atomic E-state index is 2.39. The van der Waals surface area contributed by atoms with Crippen LogP contribution in [0.1, 0.15) is 59.7 Å². The molecule has 3 heteroatoms. The zero-order valence-corrected chi connectivity index (χ0v) is 36.3. The smallest absolute Gasteiger partial charge is 0.0775 e. The molecule has 0 spiro atoms. The van der Waals surface area contributed by atoms with Gasteiger partial charge >= 0.3 is 0 Å². The summed E-state index contributed by atoms with van der Waals surface area (Å²) in [7, 11) is -2.62. The molecule has 0 aromatic heterocycles. The first-order valence-electron chi connectivity index (χ1n) is 19.6. The third-order valence-electron chi connectivity index (χ3n) is 10.2. The van der Waals surface area contributed by atoms with Gasteiger partial charge in [0.25, 0.3) is 0 Å². The molecule has 6 aromatic carbocycles. The summed E-state index contributed by atoms with van der Waals surface area (Å²) in [5.41, 5.74) is 12.0. The van der Waals surface area contributed by atoms with E-state index in [0.29, 0.717) is 0 Å². The van der Waals surface area contributed by atoms with Gasteiger partial charge in [-0.25, -0.2) is 0 Å². The van der Waals surface area contributed by atoms with E-state index in [-0.39, 0.29) is 5.41 Å². The van der Waals surface area contributed by atoms with Crippen molar-refractivity contribution in [2.45, 2.75) is 65.5 Å². The largest absolute Gasteiger partial charge is 0.311 e. The molecule has 1 nitrogen and oxygen atoms in total. The van der Waals surface area contributed by atoms with Gasteiger partial charge in [0.1, 0.15) is 0 Å². The molecule has 55 heavy (non-hydrogen) atoms. The maximum absolute atomic E-state index is 2.39. The van der Waals surface area contributed by atoms with Crippen LogP contribution in [0.5, 0.6) is 0 Å². The quantitative estimate of drug-likeness (QED) is 0.0941. The van der Waals surface area contributed by atoms with E-state index in [4.69, 9.17) is 0 Å². The minimum absolute atomic E-state index is 0.151. The van der Waals surface area contributed by atoms with Crippen molar-refractivity contribution in [2.75, 3.05) is 4.90 Å². The van der Waals surface area contributed by atoms with E-state index in [2.05, 4.69) is 247 Å². The second-order valence-corrected chi connectivity index (χ2v) is 27.9. The molecule has 0 fully saturated rings. The minimum Gasteiger partial charge on any atom is -0.311 e. The van der Waals surface area contributed by atoms with Crippen LogP contribution in [0.15, 0.2) is 146 Å². The lowest BCUT2D eigenvalue weighted by Crippen LogP contribution is -2.37. The molecule has 6 aromatic rings. The minimum atomic E-state index is -1.31. The molecule has 0 radical (unpaired) electrons. The number of anilines is 3. The number of hydrogen-bond donors (Lipinski definition) is 0. The van der Waals surface area contributed by atoms with Gasteiger partial charge < -0.3 is 4.90 Å². The molecule has 0 saturated heterocycles. The van der Waals surface area contributed by atoms with Crippen molar-refractivity contribution in [3.05, 3.63) is 185 Å². The Bertz CT molecular complexity index is 1970. The molecule has 0 heterocycles. The van der Waals surface area contributed by atoms with Crippen molar-refractivity contribution in [2.24, 2.45) is 0 Å². The molecule has 0 N–H and O–H groups in total. The fraction of sp³-hybridized carbons (Fsp3) is 0.192. The van der Waals surface area contributed by atoms with E-state index in [1.54, 1.807) is 0 Å². The van der Waals surface area contributed by atoms with Crippen LogP contribution >= 0.6 is 0 Å². The Balaban J connectivity index is 1.24. The van der Waals surface area contributed by atoms with Crippen molar-refractivity contribution in [1.29, 1.82) is 0 Å². The SMILES string of the molecule is CC(C)(C)c1ccc(/C=C/c2ccc(N(c3ccc(/C=C/c4ccc([Si](C)(C)C)cc4)cc3)c3ccc(/C=C/c4ccc([Si](C)(C)C)cc4)cc3)cc2)cc1. The van der Waals surface area contributed by atoms with E-state index in [0.717, 1.165) is 17.1 Å². The van der Waals surface area contributed by atoms with E-state index < -0.39 is 16.1 Å². The van der Waals surface area contributed by atoms with Crippen molar-refractivity contribution >= 4 is 80.0 Å². The number of nitrogens with zero attached hydrogens (tertiary/aromatic N) is 1. The maximum Gasteiger partial charge on any atom is 0.0775 e. The lowest BCUT2D eigenvalue weighted by atomic mass is 9.87. The van der Waals surface area contributed by atoms with E-state index in [1.807, 2.05) is 0 Å². The van der Waals surface area contributed by atoms with Crippen LogP contribution in [0.4, 0.5) is 17.1 Å². The summed E-state index contributed by atoms with van der Waals surface area (Å²) in [6, 6.07) is 53.6. The molecule has 0 aliphatic heterocycles. The molecule has 0 amide bonds. The molecular weight excluding hydrogens is 695 g/mol. The van der Waals surface area contributed by atoms with Gasteiger partial charge in [-0.3, -0.25) is 0 Å². The topological polar surface area (TPSA) is 3.24 Å². The Labute approximate surface area is 333 Å². The van der Waals surface area contributed by atoms with Crippen molar-refractivity contribution in [3.63, 3.8) is 0 Å². The lowest BCUT2D eigenvalue weighted by molar-refractivity contribution is 0.590. The van der Waals surface area contributed by atoms with E-state index in [9.17, 15) is 0 Å². The second kappa shape index (κ2) is 16.6. The van der Waals surface area contributed by atoms with Gasteiger partial charge in [0.15, 0.2) is 0 Å². The first-order valence-corrected chi connectivity index (χ1v) is 26.6. The van der Waals surface area contributed by atoms with Gasteiger partial charge in [0, 0.05) is 17.1 Å². The zero-order valence-electron chi connectivity index (χ0n) is 34.3. The van der Waals surface area contributed by atoms with E-state index in [1.165, 1.54) is 49.3 Å². The van der Waals surface area contributed by atoms with Crippen LogP contribution in [0.3, 0.4) is 0 Å². The molecular formula is C52H57NSi2. The summed E-state index contributed by atoms with van der Waals surface area (Å²) in [6.45, 7) is 21.1.